The van der Waals surface area contributed by atoms with Crippen LogP contribution in [0.2, 0.25) is 0 Å². The zero-order valence-corrected chi connectivity index (χ0v) is 25.0. The van der Waals surface area contributed by atoms with Gasteiger partial charge in [-0.2, -0.15) is 4.98 Å². The molecule has 0 atom stereocenters. The summed E-state index contributed by atoms with van der Waals surface area (Å²) in [6.45, 7) is 0. The van der Waals surface area contributed by atoms with E-state index >= 15 is 0 Å². The summed E-state index contributed by atoms with van der Waals surface area (Å²) in [6, 6.07) is 57.5. The number of fused-ring (bicyclic) bond motifs is 4. The van der Waals surface area contributed by atoms with Crippen LogP contribution in [-0.2, 0) is 0 Å². The molecular weight excluding hydrogens is 560 g/mol. The van der Waals surface area contributed by atoms with Gasteiger partial charge in [0.1, 0.15) is 5.82 Å². The lowest BCUT2D eigenvalue weighted by Gasteiger charge is -2.09. The van der Waals surface area contributed by atoms with Gasteiger partial charge < -0.3 is 0 Å². The Morgan fingerprint density at radius 1 is 0.391 bits per heavy atom. The van der Waals surface area contributed by atoms with Crippen molar-refractivity contribution in [1.29, 1.82) is 0 Å². The van der Waals surface area contributed by atoms with Crippen LogP contribution in [0.15, 0.2) is 170 Å². The zero-order valence-electron chi connectivity index (χ0n) is 25.0. The summed E-state index contributed by atoms with van der Waals surface area (Å²) in [5.41, 5.74) is 11.1. The fraction of sp³-hybridized carbons (Fsp3) is 0. The smallest absolute Gasteiger partial charge is 0.236 e. The average Bonchev–Trinajstić information content (AvgIpc) is 3.68. The molecule has 0 aliphatic rings. The first kappa shape index (κ1) is 26.2. The SMILES string of the molecule is c1ccc(-c2ccc3c(c2)c2cc(-c4ccccc4)ccc2n3-c2ccn3c(-c4ccccc4)c(-c4ccccc4)nc3n2)cc1. The van der Waals surface area contributed by atoms with Crippen molar-refractivity contribution in [3.05, 3.63) is 170 Å². The highest BCUT2D eigenvalue weighted by atomic mass is 15.2. The molecule has 4 heteroatoms. The standard InChI is InChI=1S/C42H28N4/c1-5-13-29(14-6-1)33-21-23-37-35(27-33)36-28-34(30-15-7-2-8-16-30)22-24-38(36)46(37)39-25-26-45-41(32-19-11-4-12-20-32)40(44-42(45)43-39)31-17-9-3-10-18-31/h1-28H. The maximum atomic E-state index is 5.23. The van der Waals surface area contributed by atoms with Crippen LogP contribution in [0.4, 0.5) is 0 Å². The number of hydrogen-bond donors (Lipinski definition) is 0. The zero-order chi connectivity index (χ0) is 30.5. The summed E-state index contributed by atoms with van der Waals surface area (Å²) in [7, 11) is 0. The Labute approximate surface area is 266 Å². The van der Waals surface area contributed by atoms with Gasteiger partial charge in [0.2, 0.25) is 5.78 Å². The molecule has 216 valence electrons. The maximum Gasteiger partial charge on any atom is 0.236 e. The van der Waals surface area contributed by atoms with E-state index in [4.69, 9.17) is 9.97 Å². The number of imidazole rings is 1. The molecule has 0 bridgehead atoms. The molecule has 0 fully saturated rings. The van der Waals surface area contributed by atoms with E-state index in [-0.39, 0.29) is 0 Å². The minimum atomic E-state index is 0.659. The summed E-state index contributed by atoms with van der Waals surface area (Å²) in [4.78, 5) is 10.4. The van der Waals surface area contributed by atoms with Crippen molar-refractivity contribution < 1.29 is 0 Å². The van der Waals surface area contributed by atoms with Crippen LogP contribution in [0.25, 0.3) is 78.2 Å². The maximum absolute atomic E-state index is 5.23. The van der Waals surface area contributed by atoms with E-state index in [9.17, 15) is 0 Å². The van der Waals surface area contributed by atoms with Gasteiger partial charge in [-0.3, -0.25) is 8.97 Å². The van der Waals surface area contributed by atoms with Crippen LogP contribution in [0, 0.1) is 0 Å². The Morgan fingerprint density at radius 2 is 0.870 bits per heavy atom. The molecule has 0 saturated carbocycles. The summed E-state index contributed by atoms with van der Waals surface area (Å²) in [6.07, 6.45) is 2.10. The molecule has 4 nitrogen and oxygen atoms in total. The molecule has 6 aromatic carbocycles. The van der Waals surface area contributed by atoms with Crippen LogP contribution in [0.1, 0.15) is 0 Å². The third-order valence-electron chi connectivity index (χ3n) is 8.78. The van der Waals surface area contributed by atoms with Crippen LogP contribution >= 0.6 is 0 Å². The first-order valence-corrected chi connectivity index (χ1v) is 15.5. The number of aromatic nitrogens is 4. The fourth-order valence-corrected chi connectivity index (χ4v) is 6.61. The second-order valence-corrected chi connectivity index (χ2v) is 11.5. The van der Waals surface area contributed by atoms with Gasteiger partial charge in [-0.1, -0.05) is 133 Å². The van der Waals surface area contributed by atoms with E-state index in [2.05, 4.69) is 167 Å². The average molecular weight is 589 g/mol. The van der Waals surface area contributed by atoms with E-state index in [0.717, 1.165) is 39.4 Å². The number of hydrogen-bond acceptors (Lipinski definition) is 2. The number of nitrogens with zero attached hydrogens (tertiary/aromatic N) is 4. The Bertz CT molecular complexity index is 2400. The fourth-order valence-electron chi connectivity index (χ4n) is 6.61. The molecule has 3 aromatic heterocycles. The normalized spacial score (nSPS) is 11.5. The van der Waals surface area contributed by atoms with Gasteiger partial charge in [-0.15, -0.1) is 0 Å². The highest BCUT2D eigenvalue weighted by Gasteiger charge is 2.20. The monoisotopic (exact) mass is 588 g/mol. The Kier molecular flexibility index (Phi) is 6.10. The van der Waals surface area contributed by atoms with Gasteiger partial charge in [-0.05, 0) is 52.6 Å². The molecule has 0 saturated heterocycles. The minimum Gasteiger partial charge on any atom is -0.294 e. The van der Waals surface area contributed by atoms with Gasteiger partial charge in [0.25, 0.3) is 0 Å². The highest BCUT2D eigenvalue weighted by molar-refractivity contribution is 6.11. The van der Waals surface area contributed by atoms with Crippen molar-refractivity contribution in [2.24, 2.45) is 0 Å². The minimum absolute atomic E-state index is 0.659. The van der Waals surface area contributed by atoms with E-state index in [0.29, 0.717) is 5.78 Å². The first-order chi connectivity index (χ1) is 22.8. The molecule has 0 amide bonds. The summed E-state index contributed by atoms with van der Waals surface area (Å²) >= 11 is 0. The van der Waals surface area contributed by atoms with Gasteiger partial charge >= 0.3 is 0 Å². The molecule has 0 unspecified atom stereocenters. The van der Waals surface area contributed by atoms with E-state index < -0.39 is 0 Å². The highest BCUT2D eigenvalue weighted by Crippen LogP contribution is 2.38. The molecule has 0 aliphatic carbocycles. The molecule has 46 heavy (non-hydrogen) atoms. The van der Waals surface area contributed by atoms with Crippen molar-refractivity contribution in [3.8, 4) is 50.6 Å². The van der Waals surface area contributed by atoms with E-state index in [1.54, 1.807) is 0 Å². The van der Waals surface area contributed by atoms with Gasteiger partial charge in [0.15, 0.2) is 0 Å². The molecule has 9 aromatic rings. The Hall–Kier alpha value is -6.26. The molecule has 0 N–H and O–H groups in total. The second kappa shape index (κ2) is 10.7. The largest absolute Gasteiger partial charge is 0.294 e. The topological polar surface area (TPSA) is 35.1 Å². The van der Waals surface area contributed by atoms with Crippen LogP contribution in [0.5, 0.6) is 0 Å². The quantitative estimate of drug-likeness (QED) is 0.200. The summed E-state index contributed by atoms with van der Waals surface area (Å²) in [5.74, 6) is 1.49. The third kappa shape index (κ3) is 4.31. The van der Waals surface area contributed by atoms with Crippen molar-refractivity contribution in [1.82, 2.24) is 18.9 Å². The molecule has 9 rings (SSSR count). The molecule has 3 heterocycles. The molecule has 0 aliphatic heterocycles. The molecule has 0 radical (unpaired) electrons. The predicted octanol–water partition coefficient (Wildman–Crippen LogP) is 10.5. The predicted molar refractivity (Wildman–Crippen MR) is 189 cm³/mol. The van der Waals surface area contributed by atoms with Crippen molar-refractivity contribution in [2.75, 3.05) is 0 Å². The second-order valence-electron chi connectivity index (χ2n) is 11.5. The lowest BCUT2D eigenvalue weighted by molar-refractivity contribution is 1.03. The van der Waals surface area contributed by atoms with E-state index in [1.165, 1.54) is 33.0 Å². The molecule has 0 spiro atoms. The van der Waals surface area contributed by atoms with Crippen molar-refractivity contribution in [2.45, 2.75) is 0 Å². The molecular formula is C42H28N4. The summed E-state index contributed by atoms with van der Waals surface area (Å²) in [5, 5.41) is 2.38. The Morgan fingerprint density at radius 3 is 1.39 bits per heavy atom. The van der Waals surface area contributed by atoms with Crippen LogP contribution < -0.4 is 0 Å². The number of benzene rings is 6. The first-order valence-electron chi connectivity index (χ1n) is 15.5. The van der Waals surface area contributed by atoms with E-state index in [1.807, 2.05) is 12.1 Å². The Balaban J connectivity index is 1.29. The van der Waals surface area contributed by atoms with Crippen molar-refractivity contribution in [3.63, 3.8) is 0 Å². The van der Waals surface area contributed by atoms with Gasteiger partial charge in [0.05, 0.1) is 22.4 Å². The lowest BCUT2D eigenvalue weighted by atomic mass is 10.0. The lowest BCUT2D eigenvalue weighted by Crippen LogP contribution is -2.00. The van der Waals surface area contributed by atoms with Crippen LogP contribution in [0.3, 0.4) is 0 Å². The van der Waals surface area contributed by atoms with Gasteiger partial charge in [0, 0.05) is 28.1 Å². The number of rotatable bonds is 5. The third-order valence-corrected chi connectivity index (χ3v) is 8.78. The van der Waals surface area contributed by atoms with Crippen LogP contribution in [-0.4, -0.2) is 18.9 Å². The summed E-state index contributed by atoms with van der Waals surface area (Å²) < 4.78 is 4.38. The van der Waals surface area contributed by atoms with Gasteiger partial charge in [-0.25, -0.2) is 4.98 Å². The van der Waals surface area contributed by atoms with Crippen molar-refractivity contribution >= 4 is 27.6 Å².